The van der Waals surface area contributed by atoms with Gasteiger partial charge in [0.2, 0.25) is 0 Å². The number of nitrogen functional groups attached to an aromatic ring is 1. The Kier molecular flexibility index (Phi) is 16.5. The van der Waals surface area contributed by atoms with Crippen LogP contribution in [0.15, 0.2) is 72.8 Å². The Labute approximate surface area is 429 Å². The molecule has 7 rings (SSSR count). The van der Waals surface area contributed by atoms with Crippen molar-refractivity contribution in [3.63, 3.8) is 0 Å². The molecule has 2 aliphatic heterocycles. The summed E-state index contributed by atoms with van der Waals surface area (Å²) in [5, 5.41) is 0.0778. The van der Waals surface area contributed by atoms with Gasteiger partial charge in [-0.15, -0.1) is 0 Å². The Balaban J connectivity index is 1.07. The van der Waals surface area contributed by atoms with Gasteiger partial charge in [-0.1, -0.05) is 90.1 Å². The normalized spacial score (nSPS) is 17.1. The van der Waals surface area contributed by atoms with Crippen molar-refractivity contribution in [3.8, 4) is 34.1 Å². The summed E-state index contributed by atoms with van der Waals surface area (Å²) >= 11 is 0. The number of fused-ring (bicyclic) bond motifs is 3. The first-order chi connectivity index (χ1) is 34.0. The largest absolute Gasteiger partial charge is 0.493 e. The van der Waals surface area contributed by atoms with Gasteiger partial charge in [-0.25, -0.2) is 4.79 Å². The number of methoxy groups -OCH3 is 2. The molecule has 16 heteroatoms. The second kappa shape index (κ2) is 21.9. The van der Waals surface area contributed by atoms with E-state index in [0.29, 0.717) is 72.7 Å². The van der Waals surface area contributed by atoms with E-state index in [0.717, 1.165) is 47.9 Å². The maximum absolute atomic E-state index is 14.9. The van der Waals surface area contributed by atoms with Crippen LogP contribution in [0.1, 0.15) is 112 Å². The molecule has 14 nitrogen and oxygen atoms in total. The van der Waals surface area contributed by atoms with E-state index in [4.69, 9.17) is 38.3 Å². The summed E-state index contributed by atoms with van der Waals surface area (Å²) in [6.45, 7) is 24.7. The van der Waals surface area contributed by atoms with Crippen LogP contribution in [-0.4, -0.2) is 117 Å². The molecule has 0 aromatic heterocycles. The highest BCUT2D eigenvalue weighted by molar-refractivity contribution is 6.74. The molecule has 2 atom stereocenters. The van der Waals surface area contributed by atoms with Crippen LogP contribution < -0.4 is 29.6 Å². The molecule has 0 saturated carbocycles. The van der Waals surface area contributed by atoms with Crippen molar-refractivity contribution in [1.82, 2.24) is 9.80 Å². The highest BCUT2D eigenvalue weighted by atomic mass is 28.4. The first-order valence-electron chi connectivity index (χ1n) is 25.5. The maximum Gasteiger partial charge on any atom is 0.414 e. The van der Waals surface area contributed by atoms with E-state index in [1.165, 1.54) is 19.1 Å². The van der Waals surface area contributed by atoms with E-state index in [9.17, 15) is 14.4 Å². The van der Waals surface area contributed by atoms with Crippen molar-refractivity contribution in [2.45, 2.75) is 128 Å². The molecule has 3 amide bonds. The lowest BCUT2D eigenvalue weighted by molar-refractivity contribution is 0.0678. The average molecular weight is 1020 g/mol. The molecule has 2 saturated heterocycles. The minimum Gasteiger partial charge on any atom is -0.493 e. The quantitative estimate of drug-likeness (QED) is 0.0576. The Bertz CT molecular complexity index is 2560. The maximum atomic E-state index is 14.9. The molecule has 1 aliphatic carbocycles. The zero-order chi connectivity index (χ0) is 52.3. The number of benzene rings is 4. The molecule has 0 radical (unpaired) electrons. The second-order valence-corrected chi connectivity index (χ2v) is 32.0. The van der Waals surface area contributed by atoms with E-state index < -0.39 is 28.8 Å². The fourth-order valence-corrected chi connectivity index (χ4v) is 11.2. The smallest absolute Gasteiger partial charge is 0.414 e. The molecule has 390 valence electrons. The predicted octanol–water partition coefficient (Wildman–Crippen LogP) is 11.7. The van der Waals surface area contributed by atoms with Gasteiger partial charge in [-0.3, -0.25) is 14.5 Å². The molecule has 3 aliphatic rings. The number of carbonyl (C=O) groups is 3. The van der Waals surface area contributed by atoms with Crippen molar-refractivity contribution in [2.75, 3.05) is 71.4 Å². The average Bonchev–Trinajstić information content (AvgIpc) is 4.09. The summed E-state index contributed by atoms with van der Waals surface area (Å²) < 4.78 is 43.7. The summed E-state index contributed by atoms with van der Waals surface area (Å²) in [5.41, 5.74) is 11.6. The molecular formula is C56H78N4O10Si2. The number of likely N-dealkylation sites (tertiary alicyclic amines) is 2. The van der Waals surface area contributed by atoms with Gasteiger partial charge in [0.1, 0.15) is 0 Å². The van der Waals surface area contributed by atoms with Crippen LogP contribution in [-0.2, 0) is 13.6 Å². The zero-order valence-electron chi connectivity index (χ0n) is 44.9. The molecule has 4 aromatic carbocycles. The number of hydrogen-bond donors (Lipinski definition) is 1. The SMILES string of the molecule is COc1cc(C(=O)N2CCC[C@H]2CO[Si](C)(C)C(C)(C)C)c(N)cc1OCCCOc1cc(N(C)C(=O)OC2c3ccccc3-c3ccccc32)c(C(=O)N2CCC[C@H]2CO[Si](C)(C)C(C)(C)C)cc1OC. The molecule has 2 heterocycles. The van der Waals surface area contributed by atoms with Crippen LogP contribution in [0.3, 0.4) is 0 Å². The third-order valence-corrected chi connectivity index (χ3v) is 24.7. The Morgan fingerprint density at radius 3 is 1.57 bits per heavy atom. The second-order valence-electron chi connectivity index (χ2n) is 22.4. The fraction of sp³-hybridized carbons (Fsp3) is 0.518. The van der Waals surface area contributed by atoms with Crippen molar-refractivity contribution in [2.24, 2.45) is 0 Å². The summed E-state index contributed by atoms with van der Waals surface area (Å²) in [6.07, 6.45) is 2.55. The van der Waals surface area contributed by atoms with Crippen molar-refractivity contribution >= 4 is 45.9 Å². The van der Waals surface area contributed by atoms with E-state index >= 15 is 0 Å². The lowest BCUT2D eigenvalue weighted by Gasteiger charge is -2.38. The molecular weight excluding hydrogens is 945 g/mol. The van der Waals surface area contributed by atoms with Crippen LogP contribution >= 0.6 is 0 Å². The number of rotatable bonds is 18. The third-order valence-electron chi connectivity index (χ3n) is 15.7. The van der Waals surface area contributed by atoms with Crippen LogP contribution in [0.25, 0.3) is 11.1 Å². The number of anilines is 2. The molecule has 4 aromatic rings. The lowest BCUT2D eigenvalue weighted by atomic mass is 10.1. The lowest BCUT2D eigenvalue weighted by Crippen LogP contribution is -2.46. The molecule has 0 unspecified atom stereocenters. The minimum atomic E-state index is -2.10. The molecule has 0 spiro atoms. The zero-order valence-corrected chi connectivity index (χ0v) is 46.9. The highest BCUT2D eigenvalue weighted by Gasteiger charge is 2.42. The van der Waals surface area contributed by atoms with E-state index in [1.54, 1.807) is 31.3 Å². The number of amides is 3. The van der Waals surface area contributed by atoms with Gasteiger partial charge >= 0.3 is 6.09 Å². The Morgan fingerprint density at radius 2 is 1.10 bits per heavy atom. The van der Waals surface area contributed by atoms with Gasteiger partial charge in [0, 0.05) is 55.5 Å². The van der Waals surface area contributed by atoms with E-state index in [1.807, 2.05) is 58.3 Å². The molecule has 0 bridgehead atoms. The van der Waals surface area contributed by atoms with Gasteiger partial charge in [0.15, 0.2) is 45.7 Å². The Hall–Kier alpha value is -5.56. The van der Waals surface area contributed by atoms with E-state index in [2.05, 4.69) is 67.7 Å². The van der Waals surface area contributed by atoms with Crippen molar-refractivity contribution in [1.29, 1.82) is 0 Å². The predicted molar refractivity (Wildman–Crippen MR) is 289 cm³/mol. The van der Waals surface area contributed by atoms with E-state index in [-0.39, 0.29) is 52.8 Å². The standard InChI is InChI=1S/C56H78N4O10Si2/c1-55(2,3)71(10,11)68-35-37-21-18-27-59(37)52(61)43-31-47(64-8)49(33-45(43)57)66-29-20-30-67-50-34-46(58(7)54(63)70-51-41-25-16-14-23-39(41)40-24-15-17-26-42(40)51)44(32-48(50)65-9)53(62)60-28-19-22-38(60)36-69-72(12,13)56(4,5)6/h14-17,23-26,31-34,37-38,51H,18-22,27-30,35-36,57H2,1-13H3/t37-,38-/m0/s1. The number of nitrogens with zero attached hydrogens (tertiary/aromatic N) is 3. The highest BCUT2D eigenvalue weighted by Crippen LogP contribution is 2.46. The summed E-state index contributed by atoms with van der Waals surface area (Å²) in [7, 11) is 0.563. The minimum absolute atomic E-state index is 0.0133. The third kappa shape index (κ3) is 11.5. The fourth-order valence-electron chi connectivity index (χ4n) is 9.15. The number of ether oxygens (including phenoxy) is 5. The van der Waals surface area contributed by atoms with Gasteiger partial charge < -0.3 is 48.1 Å². The molecule has 2 fully saturated rings. The molecule has 72 heavy (non-hydrogen) atoms. The number of hydrogen-bond acceptors (Lipinski definition) is 11. The summed E-state index contributed by atoms with van der Waals surface area (Å²) in [5.74, 6) is 1.06. The number of nitrogens with two attached hydrogens (primary N) is 1. The van der Waals surface area contributed by atoms with Crippen molar-refractivity contribution in [3.05, 3.63) is 95.1 Å². The van der Waals surface area contributed by atoms with Crippen LogP contribution in [0.2, 0.25) is 36.3 Å². The number of carbonyl (C=O) groups excluding carboxylic acids is 3. The monoisotopic (exact) mass is 1020 g/mol. The van der Waals surface area contributed by atoms with Crippen LogP contribution in [0.4, 0.5) is 16.2 Å². The summed E-state index contributed by atoms with van der Waals surface area (Å²) in [6, 6.07) is 22.3. The van der Waals surface area contributed by atoms with Gasteiger partial charge in [0.25, 0.3) is 11.8 Å². The Morgan fingerprint density at radius 1 is 0.653 bits per heavy atom. The van der Waals surface area contributed by atoms with Gasteiger partial charge in [0.05, 0.1) is 69.5 Å². The summed E-state index contributed by atoms with van der Waals surface area (Å²) in [4.78, 5) is 48.4. The van der Waals surface area contributed by atoms with Crippen LogP contribution in [0, 0.1) is 0 Å². The van der Waals surface area contributed by atoms with Gasteiger partial charge in [-0.05, 0) is 85.2 Å². The van der Waals surface area contributed by atoms with Crippen molar-refractivity contribution < 1.29 is 46.9 Å². The first-order valence-corrected chi connectivity index (χ1v) is 31.3. The first kappa shape index (κ1) is 54.2. The van der Waals surface area contributed by atoms with Gasteiger partial charge in [-0.2, -0.15) is 0 Å². The topological polar surface area (TPSA) is 152 Å². The molecule has 2 N–H and O–H groups in total. The van der Waals surface area contributed by atoms with Crippen LogP contribution in [0.5, 0.6) is 23.0 Å².